The van der Waals surface area contributed by atoms with Gasteiger partial charge in [-0.05, 0) is 32.0 Å². The normalized spacial score (nSPS) is 21.4. The Hall–Kier alpha value is -2.34. The first-order valence-electron chi connectivity index (χ1n) is 7.71. The van der Waals surface area contributed by atoms with Crippen LogP contribution in [0.1, 0.15) is 30.2 Å². The lowest BCUT2D eigenvalue weighted by atomic mass is 10.2. The second-order valence-corrected chi connectivity index (χ2v) is 5.88. The fraction of sp³-hybridized carbons (Fsp3) is 0.412. The van der Waals surface area contributed by atoms with Crippen LogP contribution in [0.5, 0.6) is 0 Å². The number of hydrogen-bond acceptors (Lipinski definition) is 4. The molecular weight excluding hydrogens is 296 g/mol. The van der Waals surface area contributed by atoms with Crippen molar-refractivity contribution in [2.24, 2.45) is 0 Å². The van der Waals surface area contributed by atoms with Gasteiger partial charge in [0.2, 0.25) is 0 Å². The highest BCUT2D eigenvalue weighted by molar-refractivity contribution is 5.91. The number of hydrogen-bond donors (Lipinski definition) is 0. The third-order valence-corrected chi connectivity index (χ3v) is 3.97. The van der Waals surface area contributed by atoms with Gasteiger partial charge in [0, 0.05) is 18.8 Å². The predicted octanol–water partition coefficient (Wildman–Crippen LogP) is 1.74. The van der Waals surface area contributed by atoms with Gasteiger partial charge >= 0.3 is 0 Å². The summed E-state index contributed by atoms with van der Waals surface area (Å²) in [6, 6.07) is 8.39. The first kappa shape index (κ1) is 15.6. The summed E-state index contributed by atoms with van der Waals surface area (Å²) in [5.41, 5.74) is -0.104. The minimum Gasteiger partial charge on any atom is -0.454 e. The molecule has 2 atom stereocenters. The van der Waals surface area contributed by atoms with E-state index < -0.39 is 0 Å². The SMILES string of the molecule is C[C@H]1CN(C(=O)c2ccc(Cn3ccccc3=O)o2)[C@@H](C)CO1. The number of pyridine rings is 1. The van der Waals surface area contributed by atoms with Crippen molar-refractivity contribution in [3.63, 3.8) is 0 Å². The summed E-state index contributed by atoms with van der Waals surface area (Å²) in [5, 5.41) is 0. The van der Waals surface area contributed by atoms with E-state index in [-0.39, 0.29) is 23.6 Å². The van der Waals surface area contributed by atoms with Gasteiger partial charge in [0.05, 0.1) is 25.3 Å². The van der Waals surface area contributed by atoms with E-state index in [0.717, 1.165) is 0 Å². The van der Waals surface area contributed by atoms with Crippen LogP contribution in [-0.4, -0.2) is 40.7 Å². The highest BCUT2D eigenvalue weighted by Crippen LogP contribution is 2.17. The lowest BCUT2D eigenvalue weighted by Crippen LogP contribution is -2.50. The van der Waals surface area contributed by atoms with Crippen LogP contribution in [0.2, 0.25) is 0 Å². The molecule has 2 aromatic heterocycles. The van der Waals surface area contributed by atoms with Crippen LogP contribution in [0.15, 0.2) is 45.7 Å². The van der Waals surface area contributed by atoms with E-state index in [2.05, 4.69) is 0 Å². The van der Waals surface area contributed by atoms with Gasteiger partial charge in [0.15, 0.2) is 5.76 Å². The maximum atomic E-state index is 12.6. The Balaban J connectivity index is 1.75. The van der Waals surface area contributed by atoms with Crippen LogP contribution >= 0.6 is 0 Å². The molecule has 122 valence electrons. The predicted molar refractivity (Wildman–Crippen MR) is 84.4 cm³/mol. The monoisotopic (exact) mass is 316 g/mol. The van der Waals surface area contributed by atoms with E-state index in [0.29, 0.717) is 31.2 Å². The molecule has 0 bridgehead atoms. The van der Waals surface area contributed by atoms with Gasteiger partial charge in [-0.1, -0.05) is 6.07 Å². The quantitative estimate of drug-likeness (QED) is 0.865. The zero-order chi connectivity index (χ0) is 16.4. The van der Waals surface area contributed by atoms with Crippen LogP contribution in [0.25, 0.3) is 0 Å². The number of rotatable bonds is 3. The Morgan fingerprint density at radius 2 is 2.09 bits per heavy atom. The number of nitrogens with zero attached hydrogens (tertiary/aromatic N) is 2. The fourth-order valence-corrected chi connectivity index (χ4v) is 2.66. The molecule has 1 amide bonds. The van der Waals surface area contributed by atoms with E-state index in [1.54, 1.807) is 35.4 Å². The Labute approximate surface area is 134 Å². The Kier molecular flexibility index (Phi) is 4.34. The van der Waals surface area contributed by atoms with E-state index in [1.807, 2.05) is 13.8 Å². The number of carbonyl (C=O) groups is 1. The second-order valence-electron chi connectivity index (χ2n) is 5.88. The van der Waals surface area contributed by atoms with E-state index in [9.17, 15) is 9.59 Å². The molecule has 0 unspecified atom stereocenters. The summed E-state index contributed by atoms with van der Waals surface area (Å²) in [4.78, 5) is 26.1. The van der Waals surface area contributed by atoms with E-state index >= 15 is 0 Å². The topological polar surface area (TPSA) is 64.7 Å². The summed E-state index contributed by atoms with van der Waals surface area (Å²) >= 11 is 0. The summed E-state index contributed by atoms with van der Waals surface area (Å²) < 4.78 is 12.7. The highest BCUT2D eigenvalue weighted by atomic mass is 16.5. The molecule has 0 aromatic carbocycles. The van der Waals surface area contributed by atoms with Crippen LogP contribution in [0.4, 0.5) is 0 Å². The second kappa shape index (κ2) is 6.42. The molecule has 6 nitrogen and oxygen atoms in total. The summed E-state index contributed by atoms with van der Waals surface area (Å²) in [7, 11) is 0. The van der Waals surface area contributed by atoms with Crippen molar-refractivity contribution in [1.82, 2.24) is 9.47 Å². The number of amides is 1. The maximum absolute atomic E-state index is 12.6. The molecule has 6 heteroatoms. The molecule has 0 aliphatic carbocycles. The largest absolute Gasteiger partial charge is 0.454 e. The average Bonchev–Trinajstić information content (AvgIpc) is 3.00. The first-order chi connectivity index (χ1) is 11.0. The molecule has 1 fully saturated rings. The fourth-order valence-electron chi connectivity index (χ4n) is 2.66. The van der Waals surface area contributed by atoms with Crippen LogP contribution in [0, 0.1) is 0 Å². The lowest BCUT2D eigenvalue weighted by Gasteiger charge is -2.36. The molecule has 3 rings (SSSR count). The van der Waals surface area contributed by atoms with Gasteiger partial charge in [-0.25, -0.2) is 0 Å². The van der Waals surface area contributed by atoms with E-state index in [4.69, 9.17) is 9.15 Å². The summed E-state index contributed by atoms with van der Waals surface area (Å²) in [6.07, 6.45) is 1.71. The van der Waals surface area contributed by atoms with Crippen molar-refractivity contribution in [3.8, 4) is 0 Å². The van der Waals surface area contributed by atoms with Crippen LogP contribution in [0.3, 0.4) is 0 Å². The Bertz CT molecular complexity index is 749. The molecule has 0 N–H and O–H groups in total. The van der Waals surface area contributed by atoms with Gasteiger partial charge < -0.3 is 18.6 Å². The molecule has 1 aliphatic heterocycles. The Morgan fingerprint density at radius 3 is 2.87 bits per heavy atom. The third kappa shape index (κ3) is 3.37. The first-order valence-corrected chi connectivity index (χ1v) is 7.71. The average molecular weight is 316 g/mol. The maximum Gasteiger partial charge on any atom is 0.289 e. The number of carbonyl (C=O) groups excluding carboxylic acids is 1. The van der Waals surface area contributed by atoms with Crippen LogP contribution in [-0.2, 0) is 11.3 Å². The van der Waals surface area contributed by atoms with Gasteiger partial charge in [-0.3, -0.25) is 9.59 Å². The van der Waals surface area contributed by atoms with Crippen molar-refractivity contribution < 1.29 is 13.9 Å². The Morgan fingerprint density at radius 1 is 1.26 bits per heavy atom. The van der Waals surface area contributed by atoms with Gasteiger partial charge in [0.25, 0.3) is 11.5 Å². The third-order valence-electron chi connectivity index (χ3n) is 3.97. The smallest absolute Gasteiger partial charge is 0.289 e. The standard InChI is InChI=1S/C17H20N2O4/c1-12-11-22-13(2)9-19(12)17(21)15-7-6-14(23-15)10-18-8-4-3-5-16(18)20/h3-8,12-13H,9-11H2,1-2H3/t12-,13-/m0/s1. The number of ether oxygens (including phenoxy) is 1. The zero-order valence-electron chi connectivity index (χ0n) is 13.3. The zero-order valence-corrected chi connectivity index (χ0v) is 13.3. The van der Waals surface area contributed by atoms with Crippen LogP contribution < -0.4 is 5.56 Å². The molecule has 0 saturated carbocycles. The molecule has 0 spiro atoms. The minimum absolute atomic E-state index is 0.0176. The molecule has 1 saturated heterocycles. The van der Waals surface area contributed by atoms with E-state index in [1.165, 1.54) is 10.6 Å². The number of furan rings is 1. The van der Waals surface area contributed by atoms with Gasteiger partial charge in [-0.2, -0.15) is 0 Å². The molecule has 3 heterocycles. The summed E-state index contributed by atoms with van der Waals surface area (Å²) in [6.45, 7) is 5.29. The van der Waals surface area contributed by atoms with Crippen molar-refractivity contribution in [3.05, 3.63) is 58.4 Å². The molecule has 0 radical (unpaired) electrons. The lowest BCUT2D eigenvalue weighted by molar-refractivity contribution is -0.0396. The number of aromatic nitrogens is 1. The molecule has 1 aliphatic rings. The van der Waals surface area contributed by atoms with Crippen molar-refractivity contribution in [2.45, 2.75) is 32.5 Å². The molecule has 23 heavy (non-hydrogen) atoms. The van der Waals surface area contributed by atoms with Crippen molar-refractivity contribution in [2.75, 3.05) is 13.2 Å². The highest BCUT2D eigenvalue weighted by Gasteiger charge is 2.29. The molecular formula is C17H20N2O4. The minimum atomic E-state index is -0.140. The van der Waals surface area contributed by atoms with Gasteiger partial charge in [0.1, 0.15) is 5.76 Å². The van der Waals surface area contributed by atoms with Crippen molar-refractivity contribution >= 4 is 5.91 Å². The number of morpholine rings is 1. The van der Waals surface area contributed by atoms with Crippen molar-refractivity contribution in [1.29, 1.82) is 0 Å². The van der Waals surface area contributed by atoms with Gasteiger partial charge in [-0.15, -0.1) is 0 Å². The molecule has 2 aromatic rings. The summed E-state index contributed by atoms with van der Waals surface area (Å²) in [5.74, 6) is 0.736.